The standard InChI is InChI=1S/C24H23F2NO4/c1-14-5-7-18(8-6-14)23(29)30-17(4)22(28)21-13-15(2)27(16(21)3)19-9-11-20(12-10-19)31-24(25)26/h5-13,17,24H,1-4H3. The number of carbonyl (C=O) groups excluding carboxylic acids is 2. The zero-order chi connectivity index (χ0) is 22.7. The third-order valence-electron chi connectivity index (χ3n) is 4.96. The maximum Gasteiger partial charge on any atom is 0.387 e. The molecule has 0 radical (unpaired) electrons. The molecular formula is C24H23F2NO4. The van der Waals surface area contributed by atoms with Gasteiger partial charge in [0.25, 0.3) is 0 Å². The van der Waals surface area contributed by atoms with Gasteiger partial charge in [-0.3, -0.25) is 4.79 Å². The molecule has 1 unspecified atom stereocenters. The summed E-state index contributed by atoms with van der Waals surface area (Å²) < 4.78 is 36.3. The van der Waals surface area contributed by atoms with Crippen molar-refractivity contribution in [3.05, 3.63) is 82.7 Å². The summed E-state index contributed by atoms with van der Waals surface area (Å²) in [4.78, 5) is 25.3. The first kappa shape index (κ1) is 22.2. The molecule has 2 aromatic carbocycles. The third kappa shape index (κ3) is 4.99. The van der Waals surface area contributed by atoms with Gasteiger partial charge in [-0.05, 0) is 70.2 Å². The number of carbonyl (C=O) groups is 2. The second kappa shape index (κ2) is 9.12. The first-order valence-electron chi connectivity index (χ1n) is 9.73. The van der Waals surface area contributed by atoms with E-state index in [9.17, 15) is 18.4 Å². The van der Waals surface area contributed by atoms with Gasteiger partial charge >= 0.3 is 12.6 Å². The molecule has 31 heavy (non-hydrogen) atoms. The van der Waals surface area contributed by atoms with E-state index in [-0.39, 0.29) is 11.5 Å². The fourth-order valence-corrected chi connectivity index (χ4v) is 3.38. The first-order chi connectivity index (χ1) is 14.7. The zero-order valence-electron chi connectivity index (χ0n) is 17.7. The van der Waals surface area contributed by atoms with E-state index in [4.69, 9.17) is 4.74 Å². The van der Waals surface area contributed by atoms with Gasteiger partial charge in [-0.1, -0.05) is 17.7 Å². The van der Waals surface area contributed by atoms with Crippen molar-refractivity contribution in [2.24, 2.45) is 0 Å². The Morgan fingerprint density at radius 1 is 0.935 bits per heavy atom. The van der Waals surface area contributed by atoms with Crippen molar-refractivity contribution in [3.63, 3.8) is 0 Å². The molecule has 0 aliphatic carbocycles. The second-order valence-electron chi connectivity index (χ2n) is 7.27. The van der Waals surface area contributed by atoms with Crippen LogP contribution in [0.3, 0.4) is 0 Å². The number of esters is 1. The summed E-state index contributed by atoms with van der Waals surface area (Å²) in [5.74, 6) is -0.837. The largest absolute Gasteiger partial charge is 0.451 e. The number of alkyl halides is 2. The van der Waals surface area contributed by atoms with E-state index in [0.717, 1.165) is 11.3 Å². The summed E-state index contributed by atoms with van der Waals surface area (Å²) in [5, 5.41) is 0. The van der Waals surface area contributed by atoms with Crippen molar-refractivity contribution >= 4 is 11.8 Å². The lowest BCUT2D eigenvalue weighted by atomic mass is 10.1. The molecule has 0 bridgehead atoms. The first-order valence-corrected chi connectivity index (χ1v) is 9.73. The van der Waals surface area contributed by atoms with Crippen LogP contribution in [0.25, 0.3) is 5.69 Å². The van der Waals surface area contributed by atoms with Crippen LogP contribution in [0.1, 0.15) is 44.6 Å². The Morgan fingerprint density at radius 2 is 1.55 bits per heavy atom. The summed E-state index contributed by atoms with van der Waals surface area (Å²) in [5.41, 5.74) is 3.95. The van der Waals surface area contributed by atoms with Crippen molar-refractivity contribution in [3.8, 4) is 11.4 Å². The van der Waals surface area contributed by atoms with E-state index in [1.807, 2.05) is 18.4 Å². The maximum atomic E-state index is 13.0. The van der Waals surface area contributed by atoms with Crippen molar-refractivity contribution < 1.29 is 27.8 Å². The normalized spacial score (nSPS) is 12.0. The molecule has 0 saturated carbocycles. The predicted octanol–water partition coefficient (Wildman–Crippen LogP) is 5.43. The van der Waals surface area contributed by atoms with Gasteiger partial charge in [0.05, 0.1) is 5.56 Å². The molecule has 0 fully saturated rings. The fraction of sp³-hybridized carbons (Fsp3) is 0.250. The molecule has 3 aromatic rings. The Bertz CT molecular complexity index is 1090. The van der Waals surface area contributed by atoms with Crippen LogP contribution in [0.4, 0.5) is 8.78 Å². The quantitative estimate of drug-likeness (QED) is 0.373. The van der Waals surface area contributed by atoms with Gasteiger partial charge in [-0.15, -0.1) is 0 Å². The Hall–Kier alpha value is -3.48. The Morgan fingerprint density at radius 3 is 2.13 bits per heavy atom. The van der Waals surface area contributed by atoms with E-state index >= 15 is 0 Å². The van der Waals surface area contributed by atoms with Gasteiger partial charge < -0.3 is 14.0 Å². The van der Waals surface area contributed by atoms with Gasteiger partial charge in [0.2, 0.25) is 5.78 Å². The Balaban J connectivity index is 1.79. The number of aryl methyl sites for hydroxylation is 2. The van der Waals surface area contributed by atoms with Crippen LogP contribution in [0.2, 0.25) is 0 Å². The molecule has 0 N–H and O–H groups in total. The predicted molar refractivity (Wildman–Crippen MR) is 112 cm³/mol. The van der Waals surface area contributed by atoms with E-state index in [1.165, 1.54) is 19.1 Å². The number of hydrogen-bond acceptors (Lipinski definition) is 4. The fourth-order valence-electron chi connectivity index (χ4n) is 3.38. The van der Waals surface area contributed by atoms with Crippen LogP contribution in [0.15, 0.2) is 54.6 Å². The van der Waals surface area contributed by atoms with Gasteiger partial charge in [-0.25, -0.2) is 4.79 Å². The molecule has 3 rings (SSSR count). The molecule has 0 aliphatic heterocycles. The highest BCUT2D eigenvalue weighted by atomic mass is 19.3. The lowest BCUT2D eigenvalue weighted by molar-refractivity contribution is -0.0498. The molecule has 1 heterocycles. The van der Waals surface area contributed by atoms with Crippen molar-refractivity contribution in [2.45, 2.75) is 40.4 Å². The number of ketones is 1. The molecule has 0 aliphatic rings. The van der Waals surface area contributed by atoms with Crippen LogP contribution >= 0.6 is 0 Å². The van der Waals surface area contributed by atoms with Gasteiger partial charge in [0, 0.05) is 22.6 Å². The van der Waals surface area contributed by atoms with Crippen molar-refractivity contribution in [1.29, 1.82) is 0 Å². The molecule has 1 atom stereocenters. The van der Waals surface area contributed by atoms with Crippen LogP contribution in [-0.4, -0.2) is 29.0 Å². The number of Topliss-reactive ketones (excluding diaryl/α,β-unsaturated/α-hetero) is 1. The topological polar surface area (TPSA) is 57.5 Å². The van der Waals surface area contributed by atoms with Crippen LogP contribution in [-0.2, 0) is 4.74 Å². The number of benzene rings is 2. The molecule has 1 aromatic heterocycles. The minimum atomic E-state index is -2.89. The van der Waals surface area contributed by atoms with Gasteiger partial charge in [0.15, 0.2) is 6.10 Å². The molecule has 162 valence electrons. The minimum Gasteiger partial charge on any atom is -0.451 e. The summed E-state index contributed by atoms with van der Waals surface area (Å²) in [6.07, 6.45) is -0.968. The van der Waals surface area contributed by atoms with Gasteiger partial charge in [-0.2, -0.15) is 8.78 Å². The summed E-state index contributed by atoms with van der Waals surface area (Å²) in [6, 6.07) is 14.8. The highest BCUT2D eigenvalue weighted by Gasteiger charge is 2.25. The van der Waals surface area contributed by atoms with Gasteiger partial charge in [0.1, 0.15) is 5.75 Å². The highest BCUT2D eigenvalue weighted by Crippen LogP contribution is 2.25. The monoisotopic (exact) mass is 427 g/mol. The molecule has 5 nitrogen and oxygen atoms in total. The average Bonchev–Trinajstić information content (AvgIpc) is 3.02. The molecule has 0 spiro atoms. The lowest BCUT2D eigenvalue weighted by Crippen LogP contribution is -2.25. The molecule has 0 amide bonds. The van der Waals surface area contributed by atoms with E-state index < -0.39 is 18.7 Å². The SMILES string of the molecule is Cc1ccc(C(=O)OC(C)C(=O)c2cc(C)n(-c3ccc(OC(F)F)cc3)c2C)cc1. The Labute approximate surface area is 179 Å². The van der Waals surface area contributed by atoms with Crippen molar-refractivity contribution in [2.75, 3.05) is 0 Å². The Kier molecular flexibility index (Phi) is 6.53. The van der Waals surface area contributed by atoms with E-state index in [0.29, 0.717) is 22.5 Å². The van der Waals surface area contributed by atoms with Crippen LogP contribution < -0.4 is 4.74 Å². The smallest absolute Gasteiger partial charge is 0.387 e. The minimum absolute atomic E-state index is 0.0501. The number of ether oxygens (including phenoxy) is 2. The molecule has 0 saturated heterocycles. The zero-order valence-corrected chi connectivity index (χ0v) is 17.7. The number of hydrogen-bond donors (Lipinski definition) is 0. The number of nitrogens with zero attached hydrogens (tertiary/aromatic N) is 1. The maximum absolute atomic E-state index is 13.0. The summed E-state index contributed by atoms with van der Waals surface area (Å²) in [6.45, 7) is 4.16. The molecule has 7 heteroatoms. The average molecular weight is 427 g/mol. The van der Waals surface area contributed by atoms with Crippen LogP contribution in [0.5, 0.6) is 5.75 Å². The number of aromatic nitrogens is 1. The lowest BCUT2D eigenvalue weighted by Gasteiger charge is -2.14. The highest BCUT2D eigenvalue weighted by molar-refractivity contribution is 6.02. The third-order valence-corrected chi connectivity index (χ3v) is 4.96. The summed E-state index contributed by atoms with van der Waals surface area (Å²) >= 11 is 0. The molecular weight excluding hydrogens is 404 g/mol. The second-order valence-corrected chi connectivity index (χ2v) is 7.27. The number of halogens is 2. The van der Waals surface area contributed by atoms with E-state index in [2.05, 4.69) is 4.74 Å². The van der Waals surface area contributed by atoms with Crippen LogP contribution in [0, 0.1) is 20.8 Å². The van der Waals surface area contributed by atoms with Crippen molar-refractivity contribution in [1.82, 2.24) is 4.57 Å². The number of rotatable bonds is 7. The van der Waals surface area contributed by atoms with E-state index in [1.54, 1.807) is 49.4 Å². The summed E-state index contributed by atoms with van der Waals surface area (Å²) in [7, 11) is 0.